The maximum atomic E-state index is 6.15. The van der Waals surface area contributed by atoms with Crippen LogP contribution in [0.5, 0.6) is 0 Å². The van der Waals surface area contributed by atoms with E-state index in [1.807, 2.05) is 14.2 Å². The number of unbranched alkanes of at least 4 members (excludes halogenated alkanes) is 13. The van der Waals surface area contributed by atoms with Gasteiger partial charge in [-0.2, -0.15) is 0 Å². The Hall–Kier alpha value is 0.137. The molecule has 2 nitrogen and oxygen atoms in total. The molecule has 0 N–H and O–H groups in total. The minimum absolute atomic E-state index is 0.156. The summed E-state index contributed by atoms with van der Waals surface area (Å²) in [6.07, 6.45) is 22.2. The molecule has 0 aliphatic carbocycles. The summed E-state index contributed by atoms with van der Waals surface area (Å²) < 4.78 is 12.3. The molecule has 0 aliphatic heterocycles. The Morgan fingerprint density at radius 3 is 1.34 bits per heavy atom. The molecular formula is C26H56O2Si. The Balaban J connectivity index is 3.90. The Morgan fingerprint density at radius 2 is 1.00 bits per heavy atom. The first-order valence-corrected chi connectivity index (χ1v) is 15.0. The second-order valence-electron chi connectivity index (χ2n) is 9.92. The predicted octanol–water partition coefficient (Wildman–Crippen LogP) is 9.42. The largest absolute Gasteiger partial charge is 0.397 e. The van der Waals surface area contributed by atoms with Crippen LogP contribution in [0.3, 0.4) is 0 Å². The van der Waals surface area contributed by atoms with Crippen LogP contribution in [0, 0.1) is 5.92 Å². The monoisotopic (exact) mass is 428 g/mol. The molecule has 3 heteroatoms. The van der Waals surface area contributed by atoms with Crippen LogP contribution in [0.15, 0.2) is 0 Å². The molecule has 0 aromatic heterocycles. The molecule has 0 spiro atoms. The lowest BCUT2D eigenvalue weighted by atomic mass is 9.92. The molecule has 0 fully saturated rings. The molecule has 29 heavy (non-hydrogen) atoms. The second kappa shape index (κ2) is 17.8. The Bertz CT molecular complexity index is 353. The number of rotatable bonds is 21. The van der Waals surface area contributed by atoms with E-state index in [0.29, 0.717) is 5.92 Å². The molecule has 0 amide bonds. The molecule has 0 rings (SSSR count). The first kappa shape index (κ1) is 29.1. The third-order valence-corrected chi connectivity index (χ3v) is 12.2. The van der Waals surface area contributed by atoms with Crippen molar-refractivity contribution >= 4 is 8.56 Å². The van der Waals surface area contributed by atoms with Crippen LogP contribution < -0.4 is 0 Å². The van der Waals surface area contributed by atoms with Gasteiger partial charge in [0.05, 0.1) is 0 Å². The molecule has 1 unspecified atom stereocenters. The number of hydrogen-bond donors (Lipinski definition) is 0. The van der Waals surface area contributed by atoms with Gasteiger partial charge in [-0.1, -0.05) is 137 Å². The van der Waals surface area contributed by atoms with Crippen molar-refractivity contribution in [1.82, 2.24) is 0 Å². The summed E-state index contributed by atoms with van der Waals surface area (Å²) in [5.74, 6) is 0.644. The molecule has 0 aromatic rings. The van der Waals surface area contributed by atoms with Crippen LogP contribution in [-0.4, -0.2) is 22.8 Å². The molecular weight excluding hydrogens is 372 g/mol. The summed E-state index contributed by atoms with van der Waals surface area (Å²) >= 11 is 0. The summed E-state index contributed by atoms with van der Waals surface area (Å²) in [7, 11) is 1.60. The molecule has 0 saturated carbocycles. The molecule has 0 aliphatic rings. The lowest BCUT2D eigenvalue weighted by Gasteiger charge is -2.45. The predicted molar refractivity (Wildman–Crippen MR) is 133 cm³/mol. The molecule has 176 valence electrons. The summed E-state index contributed by atoms with van der Waals surface area (Å²) in [5.41, 5.74) is 0. The van der Waals surface area contributed by atoms with Gasteiger partial charge in [-0.3, -0.25) is 0 Å². The van der Waals surface area contributed by atoms with Crippen LogP contribution in [0.4, 0.5) is 0 Å². The smallest absolute Gasteiger partial charge is 0.343 e. The van der Waals surface area contributed by atoms with Crippen LogP contribution in [0.2, 0.25) is 11.1 Å². The molecule has 0 bridgehead atoms. The van der Waals surface area contributed by atoms with E-state index in [0.717, 1.165) is 6.04 Å². The van der Waals surface area contributed by atoms with Gasteiger partial charge in [0.2, 0.25) is 0 Å². The SMILES string of the molecule is CCCCCCCCCCCCCCCC[Si](OC)(OC)C(C)(C)C(C)CCC. The van der Waals surface area contributed by atoms with Crippen LogP contribution in [0.1, 0.15) is 137 Å². The lowest BCUT2D eigenvalue weighted by Crippen LogP contribution is -2.52. The fourth-order valence-electron chi connectivity index (χ4n) is 4.86. The van der Waals surface area contributed by atoms with Crippen molar-refractivity contribution in [3.63, 3.8) is 0 Å². The number of hydrogen-bond acceptors (Lipinski definition) is 2. The Kier molecular flexibility index (Phi) is 17.9. The van der Waals surface area contributed by atoms with Gasteiger partial charge in [-0.05, 0) is 12.0 Å². The average molecular weight is 429 g/mol. The van der Waals surface area contributed by atoms with Gasteiger partial charge in [-0.25, -0.2) is 0 Å². The maximum absolute atomic E-state index is 6.15. The normalized spacial score (nSPS) is 13.8. The minimum atomic E-state index is -2.17. The van der Waals surface area contributed by atoms with Gasteiger partial charge in [0.1, 0.15) is 0 Å². The van der Waals surface area contributed by atoms with Crippen molar-refractivity contribution in [3.8, 4) is 0 Å². The van der Waals surface area contributed by atoms with Crippen molar-refractivity contribution in [3.05, 3.63) is 0 Å². The summed E-state index contributed by atoms with van der Waals surface area (Å²) in [4.78, 5) is 0. The van der Waals surface area contributed by atoms with Crippen molar-refractivity contribution in [2.75, 3.05) is 14.2 Å². The van der Waals surface area contributed by atoms with Crippen molar-refractivity contribution in [2.45, 2.75) is 148 Å². The fraction of sp³-hybridized carbons (Fsp3) is 1.00. The topological polar surface area (TPSA) is 18.5 Å². The van der Waals surface area contributed by atoms with E-state index in [4.69, 9.17) is 8.85 Å². The van der Waals surface area contributed by atoms with Crippen molar-refractivity contribution < 1.29 is 8.85 Å². The van der Waals surface area contributed by atoms with Crippen molar-refractivity contribution in [1.29, 1.82) is 0 Å². The highest BCUT2D eigenvalue weighted by molar-refractivity contribution is 6.70. The fourth-order valence-corrected chi connectivity index (χ4v) is 8.74. The van der Waals surface area contributed by atoms with Gasteiger partial charge in [-0.15, -0.1) is 0 Å². The highest BCUT2D eigenvalue weighted by Gasteiger charge is 2.52. The average Bonchev–Trinajstić information content (AvgIpc) is 2.71. The maximum Gasteiger partial charge on any atom is 0.343 e. The van der Waals surface area contributed by atoms with Crippen LogP contribution in [0.25, 0.3) is 0 Å². The highest BCUT2D eigenvalue weighted by Crippen LogP contribution is 2.49. The summed E-state index contributed by atoms with van der Waals surface area (Å²) in [5, 5.41) is 0.156. The molecule has 0 aromatic carbocycles. The molecule has 0 saturated heterocycles. The van der Waals surface area contributed by atoms with E-state index in [1.165, 1.54) is 103 Å². The lowest BCUT2D eigenvalue weighted by molar-refractivity contribution is 0.183. The zero-order valence-electron chi connectivity index (χ0n) is 21.4. The molecule has 1 atom stereocenters. The highest BCUT2D eigenvalue weighted by atomic mass is 28.4. The zero-order chi connectivity index (χ0) is 22.0. The Morgan fingerprint density at radius 1 is 0.621 bits per heavy atom. The van der Waals surface area contributed by atoms with Gasteiger partial charge in [0.15, 0.2) is 0 Å². The molecule has 0 radical (unpaired) electrons. The summed E-state index contributed by atoms with van der Waals surface area (Å²) in [6, 6.07) is 1.14. The quantitative estimate of drug-likeness (QED) is 0.134. The van der Waals surface area contributed by atoms with Crippen molar-refractivity contribution in [2.24, 2.45) is 5.92 Å². The van der Waals surface area contributed by atoms with Crippen LogP contribution >= 0.6 is 0 Å². The molecule has 0 heterocycles. The van der Waals surface area contributed by atoms with E-state index in [-0.39, 0.29) is 5.04 Å². The van der Waals surface area contributed by atoms with Gasteiger partial charge < -0.3 is 8.85 Å². The van der Waals surface area contributed by atoms with E-state index in [1.54, 1.807) is 0 Å². The Labute approximate surface area is 186 Å². The van der Waals surface area contributed by atoms with Crippen LogP contribution in [-0.2, 0) is 8.85 Å². The third kappa shape index (κ3) is 11.4. The third-order valence-electron chi connectivity index (χ3n) is 7.45. The van der Waals surface area contributed by atoms with E-state index in [2.05, 4.69) is 34.6 Å². The van der Waals surface area contributed by atoms with E-state index >= 15 is 0 Å². The zero-order valence-corrected chi connectivity index (χ0v) is 22.4. The van der Waals surface area contributed by atoms with E-state index < -0.39 is 8.56 Å². The van der Waals surface area contributed by atoms with E-state index in [9.17, 15) is 0 Å². The second-order valence-corrected chi connectivity index (χ2v) is 14.0. The van der Waals surface area contributed by atoms with Gasteiger partial charge >= 0.3 is 8.56 Å². The standard InChI is InChI=1S/C26H56O2Si/c1-8-10-11-12-13-14-15-16-17-18-19-20-21-22-24-29(27-6,28-7)26(4,5)25(3)23-9-2/h25H,8-24H2,1-7H3. The summed E-state index contributed by atoms with van der Waals surface area (Å²) in [6.45, 7) is 11.7. The first-order valence-electron chi connectivity index (χ1n) is 13.0. The van der Waals surface area contributed by atoms with Gasteiger partial charge in [0.25, 0.3) is 0 Å². The van der Waals surface area contributed by atoms with Gasteiger partial charge in [0, 0.05) is 19.3 Å². The first-order chi connectivity index (χ1) is 13.9. The minimum Gasteiger partial charge on any atom is -0.397 e.